The van der Waals surface area contributed by atoms with Gasteiger partial charge in [-0.15, -0.1) is 0 Å². The SMILES string of the molecule is CC(C)S(=O)(=O)c1nc(Cl)c(I)c(C(F)(F)F)n1. The van der Waals surface area contributed by atoms with Crippen molar-refractivity contribution in [1.82, 2.24) is 9.97 Å². The minimum atomic E-state index is -4.79. The molecule has 0 aliphatic heterocycles. The minimum Gasteiger partial charge on any atom is -0.220 e. The molecular formula is C8H7ClF3IN2O2S. The summed E-state index contributed by atoms with van der Waals surface area (Å²) >= 11 is 6.83. The molecule has 0 bridgehead atoms. The molecule has 0 atom stereocenters. The Labute approximate surface area is 120 Å². The first-order chi connectivity index (χ1) is 7.98. The lowest BCUT2D eigenvalue weighted by Gasteiger charge is -2.12. The molecule has 0 aliphatic carbocycles. The Morgan fingerprint density at radius 1 is 1.28 bits per heavy atom. The highest BCUT2D eigenvalue weighted by molar-refractivity contribution is 14.1. The lowest BCUT2D eigenvalue weighted by atomic mass is 10.4. The summed E-state index contributed by atoms with van der Waals surface area (Å²) in [4.78, 5) is 6.48. The van der Waals surface area contributed by atoms with Crippen molar-refractivity contribution in [2.45, 2.75) is 30.4 Å². The van der Waals surface area contributed by atoms with Gasteiger partial charge in [-0.3, -0.25) is 0 Å². The van der Waals surface area contributed by atoms with Gasteiger partial charge in [-0.25, -0.2) is 18.4 Å². The molecule has 0 aromatic carbocycles. The van der Waals surface area contributed by atoms with E-state index in [1.807, 2.05) is 0 Å². The molecule has 18 heavy (non-hydrogen) atoms. The van der Waals surface area contributed by atoms with Gasteiger partial charge in [0, 0.05) is 0 Å². The second-order valence-corrected chi connectivity index (χ2v) is 7.39. The average Bonchev–Trinajstić information content (AvgIpc) is 2.19. The molecule has 0 spiro atoms. The fourth-order valence-electron chi connectivity index (χ4n) is 0.926. The Morgan fingerprint density at radius 2 is 1.78 bits per heavy atom. The minimum absolute atomic E-state index is 0.426. The Balaban J connectivity index is 3.58. The fraction of sp³-hybridized carbons (Fsp3) is 0.500. The Morgan fingerprint density at radius 3 is 2.17 bits per heavy atom. The first-order valence-electron chi connectivity index (χ1n) is 4.52. The van der Waals surface area contributed by atoms with Gasteiger partial charge >= 0.3 is 6.18 Å². The van der Waals surface area contributed by atoms with Crippen LogP contribution in [0.25, 0.3) is 0 Å². The average molecular weight is 415 g/mol. The van der Waals surface area contributed by atoms with Crippen LogP contribution in [0.2, 0.25) is 5.15 Å². The molecule has 102 valence electrons. The summed E-state index contributed by atoms with van der Waals surface area (Å²) in [5.41, 5.74) is -1.35. The quantitative estimate of drug-likeness (QED) is 0.424. The molecule has 10 heteroatoms. The number of nitrogens with zero attached hydrogens (tertiary/aromatic N) is 2. The number of hydrogen-bond donors (Lipinski definition) is 0. The second-order valence-electron chi connectivity index (χ2n) is 3.55. The zero-order chi connectivity index (χ0) is 14.3. The number of alkyl halides is 3. The standard InChI is InChI=1S/C8H7ClF3IN2O2S/c1-3(2)18(16,17)7-14-5(8(10,11)12)4(13)6(9)15-7/h3H,1-2H3. The molecular weight excluding hydrogens is 408 g/mol. The maximum absolute atomic E-state index is 12.6. The number of aromatic nitrogens is 2. The molecule has 1 rings (SSSR count). The van der Waals surface area contributed by atoms with Crippen LogP contribution in [-0.4, -0.2) is 23.6 Å². The number of sulfone groups is 1. The highest BCUT2D eigenvalue weighted by Gasteiger charge is 2.38. The van der Waals surface area contributed by atoms with E-state index < -0.39 is 40.8 Å². The van der Waals surface area contributed by atoms with E-state index in [2.05, 4.69) is 9.97 Å². The Bertz CT molecular complexity index is 574. The van der Waals surface area contributed by atoms with Gasteiger partial charge in [0.2, 0.25) is 15.0 Å². The van der Waals surface area contributed by atoms with Crippen molar-refractivity contribution in [3.8, 4) is 0 Å². The van der Waals surface area contributed by atoms with Gasteiger partial charge in [-0.2, -0.15) is 13.2 Å². The summed E-state index contributed by atoms with van der Waals surface area (Å²) < 4.78 is 61.0. The van der Waals surface area contributed by atoms with E-state index in [-0.39, 0.29) is 0 Å². The van der Waals surface area contributed by atoms with Crippen molar-refractivity contribution >= 4 is 44.0 Å². The monoisotopic (exact) mass is 414 g/mol. The lowest BCUT2D eigenvalue weighted by Crippen LogP contribution is -2.21. The summed E-state index contributed by atoms with van der Waals surface area (Å²) in [5.74, 6) is 0. The molecule has 0 radical (unpaired) electrons. The van der Waals surface area contributed by atoms with Crippen molar-refractivity contribution in [1.29, 1.82) is 0 Å². The normalized spacial score (nSPS) is 13.1. The van der Waals surface area contributed by atoms with Gasteiger partial charge in [0.15, 0.2) is 5.69 Å². The first kappa shape index (κ1) is 15.9. The van der Waals surface area contributed by atoms with Crippen LogP contribution in [0.3, 0.4) is 0 Å². The van der Waals surface area contributed by atoms with Crippen LogP contribution in [0, 0.1) is 3.57 Å². The summed E-state index contributed by atoms with van der Waals surface area (Å²) in [6, 6.07) is 0. The molecule has 0 amide bonds. The summed E-state index contributed by atoms with van der Waals surface area (Å²) in [7, 11) is -4.01. The van der Waals surface area contributed by atoms with Gasteiger partial charge in [-0.1, -0.05) is 11.6 Å². The summed E-state index contributed by atoms with van der Waals surface area (Å²) in [6.07, 6.45) is -4.79. The molecule has 0 saturated carbocycles. The molecule has 1 heterocycles. The van der Waals surface area contributed by atoms with E-state index in [1.54, 1.807) is 0 Å². The maximum Gasteiger partial charge on any atom is 0.434 e. The Hall–Kier alpha value is -0.160. The zero-order valence-electron chi connectivity index (χ0n) is 9.09. The van der Waals surface area contributed by atoms with Gasteiger partial charge in [0.05, 0.1) is 8.82 Å². The smallest absolute Gasteiger partial charge is 0.220 e. The van der Waals surface area contributed by atoms with E-state index in [0.29, 0.717) is 0 Å². The predicted octanol–water partition coefficient (Wildman–Crippen LogP) is 2.94. The van der Waals surface area contributed by atoms with Crippen molar-refractivity contribution < 1.29 is 21.6 Å². The van der Waals surface area contributed by atoms with Crippen molar-refractivity contribution in [3.63, 3.8) is 0 Å². The fourth-order valence-corrected chi connectivity index (χ4v) is 2.55. The van der Waals surface area contributed by atoms with Crippen molar-refractivity contribution in [2.75, 3.05) is 0 Å². The second kappa shape index (κ2) is 5.08. The molecule has 0 unspecified atom stereocenters. The lowest BCUT2D eigenvalue weighted by molar-refractivity contribution is -0.142. The largest absolute Gasteiger partial charge is 0.434 e. The maximum atomic E-state index is 12.6. The van der Waals surface area contributed by atoms with Crippen LogP contribution in [-0.2, 0) is 16.0 Å². The van der Waals surface area contributed by atoms with Crippen LogP contribution in [0.15, 0.2) is 5.16 Å². The highest BCUT2D eigenvalue weighted by Crippen LogP contribution is 2.34. The van der Waals surface area contributed by atoms with Crippen LogP contribution < -0.4 is 0 Å². The van der Waals surface area contributed by atoms with Gasteiger partial charge in [-0.05, 0) is 36.4 Å². The van der Waals surface area contributed by atoms with Crippen LogP contribution in [0.4, 0.5) is 13.2 Å². The van der Waals surface area contributed by atoms with Gasteiger partial charge in [0.1, 0.15) is 5.15 Å². The number of rotatable bonds is 2. The third kappa shape index (κ3) is 3.05. The molecule has 0 aliphatic rings. The van der Waals surface area contributed by atoms with E-state index in [9.17, 15) is 21.6 Å². The molecule has 0 fully saturated rings. The molecule has 1 aromatic heterocycles. The van der Waals surface area contributed by atoms with Crippen LogP contribution >= 0.6 is 34.2 Å². The molecule has 0 saturated heterocycles. The van der Waals surface area contributed by atoms with E-state index in [4.69, 9.17) is 11.6 Å². The third-order valence-corrected chi connectivity index (χ3v) is 5.48. The molecule has 4 nitrogen and oxygen atoms in total. The highest BCUT2D eigenvalue weighted by atomic mass is 127. The van der Waals surface area contributed by atoms with Crippen molar-refractivity contribution in [3.05, 3.63) is 14.4 Å². The van der Waals surface area contributed by atoms with E-state index in [0.717, 1.165) is 0 Å². The zero-order valence-corrected chi connectivity index (χ0v) is 12.8. The first-order valence-corrected chi connectivity index (χ1v) is 7.52. The molecule has 1 aromatic rings. The van der Waals surface area contributed by atoms with Gasteiger partial charge < -0.3 is 0 Å². The predicted molar refractivity (Wildman–Crippen MR) is 67.1 cm³/mol. The van der Waals surface area contributed by atoms with Crippen LogP contribution in [0.5, 0.6) is 0 Å². The third-order valence-electron chi connectivity index (χ3n) is 1.93. The molecule has 0 N–H and O–H groups in total. The van der Waals surface area contributed by atoms with E-state index >= 15 is 0 Å². The summed E-state index contributed by atoms with van der Waals surface area (Å²) in [6.45, 7) is 2.63. The topological polar surface area (TPSA) is 59.9 Å². The van der Waals surface area contributed by atoms with Gasteiger partial charge in [0.25, 0.3) is 0 Å². The van der Waals surface area contributed by atoms with Crippen LogP contribution in [0.1, 0.15) is 19.5 Å². The van der Waals surface area contributed by atoms with Crippen molar-refractivity contribution in [2.24, 2.45) is 0 Å². The summed E-state index contributed by atoms with van der Waals surface area (Å²) in [5, 5.41) is -2.37. The van der Waals surface area contributed by atoms with E-state index in [1.165, 1.54) is 36.4 Å². The number of halogens is 5. The Kier molecular flexibility index (Phi) is 4.49. The number of hydrogen-bond acceptors (Lipinski definition) is 4.